The van der Waals surface area contributed by atoms with Gasteiger partial charge >= 0.3 is 11.9 Å². The van der Waals surface area contributed by atoms with E-state index in [0.29, 0.717) is 23.4 Å². The van der Waals surface area contributed by atoms with Crippen molar-refractivity contribution in [1.29, 1.82) is 0 Å². The Bertz CT molecular complexity index is 1310. The molecule has 4 rings (SSSR count). The molecule has 7 heteroatoms. The van der Waals surface area contributed by atoms with E-state index in [2.05, 4.69) is 0 Å². The molecule has 1 heterocycles. The summed E-state index contributed by atoms with van der Waals surface area (Å²) in [6.45, 7) is 0.455. The summed E-state index contributed by atoms with van der Waals surface area (Å²) in [6.07, 6.45) is -0.173. The molecule has 162 valence electrons. The van der Waals surface area contributed by atoms with Crippen LogP contribution in [0.3, 0.4) is 0 Å². The number of rotatable bonds is 8. The number of thiophene rings is 1. The number of aromatic carboxylic acids is 1. The molecule has 0 atom stereocenters. The lowest BCUT2D eigenvalue weighted by atomic mass is 10.0. The van der Waals surface area contributed by atoms with Gasteiger partial charge in [-0.1, -0.05) is 42.5 Å². The number of aliphatic carboxylic acids is 1. The van der Waals surface area contributed by atoms with Gasteiger partial charge in [-0.05, 0) is 41.0 Å². The fourth-order valence-electron chi connectivity index (χ4n) is 3.63. The molecule has 4 aromatic rings. The molecule has 0 radical (unpaired) electrons. The standard InChI is InChI=1S/C25H21NO5S/c26-13-15-4-3-6-16(10-15)17-8-9-22-19(11-17)20(24(32-22)25(29)30)14-31-21-7-2-1-5-18(21)12-23(27)28/h1-11H,12-14,26H2,(H,27,28)(H,29,30). The fourth-order valence-corrected chi connectivity index (χ4v) is 4.65. The predicted molar refractivity (Wildman–Crippen MR) is 124 cm³/mol. The Morgan fingerprint density at radius 2 is 1.72 bits per heavy atom. The van der Waals surface area contributed by atoms with E-state index >= 15 is 0 Å². The second-order valence-electron chi connectivity index (χ2n) is 7.30. The molecule has 0 saturated heterocycles. The van der Waals surface area contributed by atoms with E-state index in [1.807, 2.05) is 42.5 Å². The van der Waals surface area contributed by atoms with Crippen molar-refractivity contribution in [3.8, 4) is 16.9 Å². The first-order chi connectivity index (χ1) is 15.5. The van der Waals surface area contributed by atoms with Crippen LogP contribution in [0.5, 0.6) is 5.75 Å². The SMILES string of the molecule is NCc1cccc(-c2ccc3sc(C(=O)O)c(COc4ccccc4CC(=O)O)c3c2)c1. The summed E-state index contributed by atoms with van der Waals surface area (Å²) in [7, 11) is 0. The van der Waals surface area contributed by atoms with Crippen molar-refractivity contribution in [1.82, 2.24) is 0 Å². The molecule has 0 saturated carbocycles. The van der Waals surface area contributed by atoms with Gasteiger partial charge in [-0.25, -0.2) is 4.79 Å². The van der Waals surface area contributed by atoms with E-state index in [1.165, 1.54) is 11.3 Å². The number of carboxylic acids is 2. The largest absolute Gasteiger partial charge is 0.489 e. The minimum atomic E-state index is -1.02. The summed E-state index contributed by atoms with van der Waals surface area (Å²) >= 11 is 1.20. The minimum Gasteiger partial charge on any atom is -0.489 e. The summed E-state index contributed by atoms with van der Waals surface area (Å²) in [5.41, 5.74) is 9.84. The minimum absolute atomic E-state index is 0.0184. The monoisotopic (exact) mass is 447 g/mol. The molecular formula is C25H21NO5S. The predicted octanol–water partition coefficient (Wildman–Crippen LogP) is 4.93. The Kier molecular flexibility index (Phi) is 6.20. The van der Waals surface area contributed by atoms with Crippen molar-refractivity contribution in [2.75, 3.05) is 0 Å². The van der Waals surface area contributed by atoms with E-state index in [4.69, 9.17) is 15.6 Å². The molecule has 1 aromatic heterocycles. The first-order valence-corrected chi connectivity index (χ1v) is 10.8. The summed E-state index contributed by atoms with van der Waals surface area (Å²) < 4.78 is 6.77. The molecule has 3 aromatic carbocycles. The van der Waals surface area contributed by atoms with Crippen LogP contribution in [-0.2, 0) is 24.4 Å². The molecule has 0 aliphatic heterocycles. The van der Waals surface area contributed by atoms with Crippen molar-refractivity contribution >= 4 is 33.4 Å². The van der Waals surface area contributed by atoms with Crippen LogP contribution >= 0.6 is 11.3 Å². The maximum absolute atomic E-state index is 11.9. The lowest BCUT2D eigenvalue weighted by molar-refractivity contribution is -0.136. The highest BCUT2D eigenvalue weighted by atomic mass is 32.1. The number of benzene rings is 3. The number of hydrogen-bond donors (Lipinski definition) is 3. The van der Waals surface area contributed by atoms with Gasteiger partial charge in [0.1, 0.15) is 17.2 Å². The van der Waals surface area contributed by atoms with Crippen LogP contribution in [-0.4, -0.2) is 22.2 Å². The van der Waals surface area contributed by atoms with E-state index in [9.17, 15) is 14.7 Å². The highest BCUT2D eigenvalue weighted by molar-refractivity contribution is 7.21. The lowest BCUT2D eigenvalue weighted by Crippen LogP contribution is -2.06. The van der Waals surface area contributed by atoms with Crippen molar-refractivity contribution in [2.45, 2.75) is 19.6 Å². The average Bonchev–Trinajstić information content (AvgIpc) is 3.16. The zero-order valence-corrected chi connectivity index (χ0v) is 17.9. The van der Waals surface area contributed by atoms with Crippen LogP contribution in [0.15, 0.2) is 66.7 Å². The summed E-state index contributed by atoms with van der Waals surface area (Å²) in [5.74, 6) is -1.55. The Morgan fingerprint density at radius 1 is 0.938 bits per heavy atom. The van der Waals surface area contributed by atoms with E-state index in [1.54, 1.807) is 24.3 Å². The topological polar surface area (TPSA) is 110 Å². The highest BCUT2D eigenvalue weighted by Gasteiger charge is 2.19. The van der Waals surface area contributed by atoms with Crippen LogP contribution in [0.2, 0.25) is 0 Å². The molecule has 4 N–H and O–H groups in total. The molecule has 0 aliphatic rings. The Hall–Kier alpha value is -3.68. The first kappa shape index (κ1) is 21.5. The van der Waals surface area contributed by atoms with Gasteiger partial charge < -0.3 is 20.7 Å². The first-order valence-electron chi connectivity index (χ1n) is 9.97. The summed E-state index contributed by atoms with van der Waals surface area (Å²) in [6, 6.07) is 20.6. The van der Waals surface area contributed by atoms with Crippen LogP contribution in [0.4, 0.5) is 0 Å². The Labute approximate surface area is 188 Å². The molecule has 32 heavy (non-hydrogen) atoms. The molecule has 6 nitrogen and oxygen atoms in total. The maximum atomic E-state index is 11.9. The van der Waals surface area contributed by atoms with Gasteiger partial charge in [0, 0.05) is 27.8 Å². The zero-order chi connectivity index (χ0) is 22.7. The number of fused-ring (bicyclic) bond motifs is 1. The molecule has 0 fully saturated rings. The molecule has 0 spiro atoms. The second-order valence-corrected chi connectivity index (χ2v) is 8.35. The van der Waals surface area contributed by atoms with Crippen LogP contribution in [0, 0.1) is 0 Å². The average molecular weight is 448 g/mol. The number of carbonyl (C=O) groups is 2. The Morgan fingerprint density at radius 3 is 2.47 bits per heavy atom. The van der Waals surface area contributed by atoms with Gasteiger partial charge in [-0.3, -0.25) is 4.79 Å². The maximum Gasteiger partial charge on any atom is 0.346 e. The van der Waals surface area contributed by atoms with Crippen molar-refractivity contribution in [2.24, 2.45) is 5.73 Å². The number of para-hydroxylation sites is 1. The third kappa shape index (κ3) is 4.49. The van der Waals surface area contributed by atoms with E-state index in [0.717, 1.165) is 26.8 Å². The number of carboxylic acid groups (broad SMARTS) is 2. The summed E-state index contributed by atoms with van der Waals surface area (Å²) in [5, 5.41) is 19.7. The second kappa shape index (κ2) is 9.21. The lowest BCUT2D eigenvalue weighted by Gasteiger charge is -2.11. The molecule has 0 amide bonds. The van der Waals surface area contributed by atoms with Gasteiger partial charge in [-0.2, -0.15) is 0 Å². The number of nitrogens with two attached hydrogens (primary N) is 1. The zero-order valence-electron chi connectivity index (χ0n) is 17.1. The third-order valence-electron chi connectivity index (χ3n) is 5.17. The van der Waals surface area contributed by atoms with Crippen LogP contribution in [0.1, 0.15) is 26.4 Å². The number of hydrogen-bond acceptors (Lipinski definition) is 5. The molecule has 0 unspecified atom stereocenters. The smallest absolute Gasteiger partial charge is 0.346 e. The Balaban J connectivity index is 1.73. The fraction of sp³-hybridized carbons (Fsp3) is 0.120. The highest BCUT2D eigenvalue weighted by Crippen LogP contribution is 2.36. The molecule has 0 bridgehead atoms. The van der Waals surface area contributed by atoms with Crippen molar-refractivity contribution < 1.29 is 24.5 Å². The van der Waals surface area contributed by atoms with Gasteiger partial charge in [0.25, 0.3) is 0 Å². The van der Waals surface area contributed by atoms with Crippen LogP contribution < -0.4 is 10.5 Å². The van der Waals surface area contributed by atoms with Gasteiger partial charge in [0.15, 0.2) is 0 Å². The van der Waals surface area contributed by atoms with E-state index < -0.39 is 11.9 Å². The van der Waals surface area contributed by atoms with Crippen molar-refractivity contribution in [3.63, 3.8) is 0 Å². The van der Waals surface area contributed by atoms with Crippen molar-refractivity contribution in [3.05, 3.63) is 88.3 Å². The third-order valence-corrected chi connectivity index (χ3v) is 6.37. The molecular weight excluding hydrogens is 426 g/mol. The van der Waals surface area contributed by atoms with Gasteiger partial charge in [-0.15, -0.1) is 11.3 Å². The normalized spacial score (nSPS) is 10.9. The number of ether oxygens (including phenoxy) is 1. The van der Waals surface area contributed by atoms with Gasteiger partial charge in [0.2, 0.25) is 0 Å². The molecule has 0 aliphatic carbocycles. The quantitative estimate of drug-likeness (QED) is 0.353. The van der Waals surface area contributed by atoms with Crippen LogP contribution in [0.25, 0.3) is 21.2 Å². The summed E-state index contributed by atoms with van der Waals surface area (Å²) in [4.78, 5) is 23.3. The van der Waals surface area contributed by atoms with E-state index in [-0.39, 0.29) is 17.9 Å². The van der Waals surface area contributed by atoms with Gasteiger partial charge in [0.05, 0.1) is 6.42 Å².